The molecule has 0 unspecified atom stereocenters. The predicted molar refractivity (Wildman–Crippen MR) is 98.9 cm³/mol. The van der Waals surface area contributed by atoms with E-state index in [1.165, 1.54) is 5.56 Å². The molecule has 2 aromatic rings. The fourth-order valence-electron chi connectivity index (χ4n) is 2.26. The van der Waals surface area contributed by atoms with Gasteiger partial charge in [0.05, 0.1) is 7.11 Å². The highest BCUT2D eigenvalue weighted by Gasteiger charge is 2.00. The summed E-state index contributed by atoms with van der Waals surface area (Å²) in [4.78, 5) is 10.9. The first kappa shape index (κ1) is 18.0. The lowest BCUT2D eigenvalue weighted by molar-refractivity contribution is 0.405. The molecular weight excluding hydrogens is 302 g/mol. The van der Waals surface area contributed by atoms with Crippen LogP contribution in [-0.2, 0) is 6.42 Å². The third kappa shape index (κ3) is 6.42. The fourth-order valence-corrected chi connectivity index (χ4v) is 2.26. The molecule has 0 aliphatic carbocycles. The molecule has 6 heteroatoms. The van der Waals surface area contributed by atoms with Crippen LogP contribution in [0.1, 0.15) is 12.0 Å². The minimum atomic E-state index is 0.654. The Balaban J connectivity index is 1.74. The maximum absolute atomic E-state index is 5.16. The molecule has 0 saturated heterocycles. The van der Waals surface area contributed by atoms with Crippen molar-refractivity contribution in [2.45, 2.75) is 12.8 Å². The van der Waals surface area contributed by atoms with E-state index in [2.05, 4.69) is 51.7 Å². The Morgan fingerprint density at radius 3 is 2.54 bits per heavy atom. The molecule has 1 heterocycles. The average Bonchev–Trinajstić information content (AvgIpc) is 2.60. The van der Waals surface area contributed by atoms with Crippen LogP contribution < -0.4 is 15.4 Å². The van der Waals surface area contributed by atoms with E-state index in [0.717, 1.165) is 44.0 Å². The van der Waals surface area contributed by atoms with E-state index >= 15 is 0 Å². The summed E-state index contributed by atoms with van der Waals surface area (Å²) < 4.78 is 5.16. The number of rotatable bonds is 10. The number of hydrogen-bond donors (Lipinski definition) is 2. The van der Waals surface area contributed by atoms with E-state index in [-0.39, 0.29) is 0 Å². The number of benzene rings is 1. The zero-order valence-electron chi connectivity index (χ0n) is 14.7. The largest absolute Gasteiger partial charge is 0.497 e. The van der Waals surface area contributed by atoms with E-state index in [0.29, 0.717) is 5.95 Å². The monoisotopic (exact) mass is 329 g/mol. The predicted octanol–water partition coefficient (Wildman–Crippen LogP) is 2.50. The van der Waals surface area contributed by atoms with Crippen molar-refractivity contribution in [2.75, 3.05) is 51.5 Å². The molecule has 0 amide bonds. The van der Waals surface area contributed by atoms with E-state index < -0.39 is 0 Å². The maximum Gasteiger partial charge on any atom is 0.224 e. The highest BCUT2D eigenvalue weighted by Crippen LogP contribution is 2.12. The second-order valence-corrected chi connectivity index (χ2v) is 5.87. The molecule has 2 N–H and O–H groups in total. The molecular formula is C18H27N5O. The van der Waals surface area contributed by atoms with Gasteiger partial charge in [-0.1, -0.05) is 12.1 Å². The summed E-state index contributed by atoms with van der Waals surface area (Å²) in [5, 5.41) is 6.60. The smallest absolute Gasteiger partial charge is 0.224 e. The van der Waals surface area contributed by atoms with Crippen molar-refractivity contribution in [1.82, 2.24) is 14.9 Å². The molecule has 0 saturated carbocycles. The van der Waals surface area contributed by atoms with Crippen LogP contribution in [0.3, 0.4) is 0 Å². The molecule has 0 atom stereocenters. The Kier molecular flexibility index (Phi) is 7.29. The highest BCUT2D eigenvalue weighted by molar-refractivity contribution is 5.39. The Bertz CT molecular complexity index is 601. The zero-order valence-corrected chi connectivity index (χ0v) is 14.7. The average molecular weight is 329 g/mol. The number of nitrogens with one attached hydrogen (secondary N) is 2. The number of methoxy groups -OCH3 is 1. The second-order valence-electron chi connectivity index (χ2n) is 5.87. The number of nitrogens with zero attached hydrogens (tertiary/aromatic N) is 3. The Hall–Kier alpha value is -2.34. The van der Waals surface area contributed by atoms with Gasteiger partial charge in [-0.2, -0.15) is 4.98 Å². The lowest BCUT2D eigenvalue weighted by atomic mass is 10.1. The quantitative estimate of drug-likeness (QED) is 0.653. The Labute approximate surface area is 144 Å². The first-order chi connectivity index (χ1) is 11.7. The Morgan fingerprint density at radius 1 is 1.04 bits per heavy atom. The van der Waals surface area contributed by atoms with Crippen LogP contribution in [0.25, 0.3) is 0 Å². The molecule has 2 rings (SSSR count). The summed E-state index contributed by atoms with van der Waals surface area (Å²) in [5.74, 6) is 2.39. The SMILES string of the molecule is COc1ccc(CCNc2nccc(NCCCN(C)C)n2)cc1. The molecule has 24 heavy (non-hydrogen) atoms. The van der Waals surface area contributed by atoms with Crippen LogP contribution >= 0.6 is 0 Å². The summed E-state index contributed by atoms with van der Waals surface area (Å²) in [6.07, 6.45) is 3.77. The van der Waals surface area contributed by atoms with Gasteiger partial charge in [-0.15, -0.1) is 0 Å². The van der Waals surface area contributed by atoms with Gasteiger partial charge in [0.15, 0.2) is 0 Å². The molecule has 0 bridgehead atoms. The van der Waals surface area contributed by atoms with E-state index in [9.17, 15) is 0 Å². The number of anilines is 2. The summed E-state index contributed by atoms with van der Waals surface area (Å²) in [6.45, 7) is 2.75. The Morgan fingerprint density at radius 2 is 1.83 bits per heavy atom. The van der Waals surface area contributed by atoms with Gasteiger partial charge in [-0.25, -0.2) is 4.98 Å². The molecule has 1 aromatic heterocycles. The van der Waals surface area contributed by atoms with Gasteiger partial charge >= 0.3 is 0 Å². The second kappa shape index (κ2) is 9.72. The summed E-state index contributed by atoms with van der Waals surface area (Å²) in [6, 6.07) is 9.99. The summed E-state index contributed by atoms with van der Waals surface area (Å²) in [5.41, 5.74) is 1.25. The minimum absolute atomic E-state index is 0.654. The van der Waals surface area contributed by atoms with Crippen molar-refractivity contribution in [3.05, 3.63) is 42.1 Å². The van der Waals surface area contributed by atoms with Crippen LogP contribution in [0.5, 0.6) is 5.75 Å². The number of ether oxygens (including phenoxy) is 1. The first-order valence-electron chi connectivity index (χ1n) is 8.26. The minimum Gasteiger partial charge on any atom is -0.497 e. The molecule has 1 aromatic carbocycles. The summed E-state index contributed by atoms with van der Waals surface area (Å²) >= 11 is 0. The van der Waals surface area contributed by atoms with E-state index in [1.807, 2.05) is 18.2 Å². The van der Waals surface area contributed by atoms with Crippen LogP contribution in [0.2, 0.25) is 0 Å². The van der Waals surface area contributed by atoms with Crippen LogP contribution in [0, 0.1) is 0 Å². The third-order valence-electron chi connectivity index (χ3n) is 3.60. The topological polar surface area (TPSA) is 62.3 Å². The standard InChI is InChI=1S/C18H27N5O/c1-23(2)14-4-11-19-17-10-13-21-18(22-17)20-12-9-15-5-7-16(24-3)8-6-15/h5-8,10,13H,4,9,11-12,14H2,1-3H3,(H2,19,20,21,22). The van der Waals surface area contributed by atoms with Crippen molar-refractivity contribution in [1.29, 1.82) is 0 Å². The van der Waals surface area contributed by atoms with E-state index in [1.54, 1.807) is 13.3 Å². The van der Waals surface area contributed by atoms with Gasteiger partial charge in [0.1, 0.15) is 11.6 Å². The molecule has 0 aliphatic rings. The normalized spacial score (nSPS) is 10.7. The fraction of sp³-hybridized carbons (Fsp3) is 0.444. The molecule has 0 aliphatic heterocycles. The van der Waals surface area contributed by atoms with Gasteiger partial charge in [0.25, 0.3) is 0 Å². The van der Waals surface area contributed by atoms with Gasteiger partial charge in [0.2, 0.25) is 5.95 Å². The van der Waals surface area contributed by atoms with Crippen LogP contribution in [-0.4, -0.2) is 55.7 Å². The van der Waals surface area contributed by atoms with Gasteiger partial charge in [0, 0.05) is 19.3 Å². The number of aromatic nitrogens is 2. The highest BCUT2D eigenvalue weighted by atomic mass is 16.5. The van der Waals surface area contributed by atoms with E-state index in [4.69, 9.17) is 4.74 Å². The lowest BCUT2D eigenvalue weighted by Gasteiger charge is -2.11. The molecule has 0 fully saturated rings. The van der Waals surface area contributed by atoms with Crippen LogP contribution in [0.4, 0.5) is 11.8 Å². The molecule has 130 valence electrons. The van der Waals surface area contributed by atoms with Gasteiger partial charge < -0.3 is 20.3 Å². The van der Waals surface area contributed by atoms with Gasteiger partial charge in [-0.3, -0.25) is 0 Å². The van der Waals surface area contributed by atoms with Crippen molar-refractivity contribution < 1.29 is 4.74 Å². The molecule has 0 spiro atoms. The lowest BCUT2D eigenvalue weighted by Crippen LogP contribution is -2.17. The van der Waals surface area contributed by atoms with Crippen molar-refractivity contribution in [2.24, 2.45) is 0 Å². The molecule has 0 radical (unpaired) electrons. The summed E-state index contributed by atoms with van der Waals surface area (Å²) in [7, 11) is 5.83. The first-order valence-corrected chi connectivity index (χ1v) is 8.26. The zero-order chi connectivity index (χ0) is 17.2. The van der Waals surface area contributed by atoms with Crippen molar-refractivity contribution in [3.63, 3.8) is 0 Å². The third-order valence-corrected chi connectivity index (χ3v) is 3.60. The molecule has 6 nitrogen and oxygen atoms in total. The van der Waals surface area contributed by atoms with Crippen molar-refractivity contribution >= 4 is 11.8 Å². The van der Waals surface area contributed by atoms with Crippen molar-refractivity contribution in [3.8, 4) is 5.75 Å². The maximum atomic E-state index is 5.16. The van der Waals surface area contributed by atoms with Crippen LogP contribution in [0.15, 0.2) is 36.5 Å². The van der Waals surface area contributed by atoms with Gasteiger partial charge in [-0.05, 0) is 57.2 Å². The number of hydrogen-bond acceptors (Lipinski definition) is 6.